The largest absolute Gasteiger partial charge is 0.401 e. The van der Waals surface area contributed by atoms with Crippen molar-refractivity contribution in [3.63, 3.8) is 0 Å². The first-order valence-electron chi connectivity index (χ1n) is 13.8. The van der Waals surface area contributed by atoms with Crippen LogP contribution >= 0.6 is 0 Å². The molecule has 208 valence electrons. The fourth-order valence-electron chi connectivity index (χ4n) is 7.03. The second-order valence-electron chi connectivity index (χ2n) is 11.4. The molecule has 8 nitrogen and oxygen atoms in total. The van der Waals surface area contributed by atoms with Gasteiger partial charge in [-0.3, -0.25) is 9.69 Å². The molecule has 6 aliphatic rings. The molecule has 11 heteroatoms. The van der Waals surface area contributed by atoms with Gasteiger partial charge in [0.25, 0.3) is 0 Å². The third-order valence-electron chi connectivity index (χ3n) is 8.91. The maximum Gasteiger partial charge on any atom is 0.401 e. The van der Waals surface area contributed by atoms with E-state index in [0.717, 1.165) is 42.0 Å². The third-order valence-corrected chi connectivity index (χ3v) is 8.91. The van der Waals surface area contributed by atoms with Crippen LogP contribution in [-0.4, -0.2) is 79.1 Å². The van der Waals surface area contributed by atoms with Gasteiger partial charge in [0.15, 0.2) is 0 Å². The molecule has 5 atom stereocenters. The Bertz CT molecular complexity index is 1240. The molecule has 0 radical (unpaired) electrons. The van der Waals surface area contributed by atoms with Crippen LogP contribution in [0, 0.1) is 5.92 Å². The lowest BCUT2D eigenvalue weighted by Crippen LogP contribution is -2.60. The number of aromatic nitrogens is 1. The summed E-state index contributed by atoms with van der Waals surface area (Å²) in [7, 11) is 0. The first-order valence-corrected chi connectivity index (χ1v) is 13.8. The summed E-state index contributed by atoms with van der Waals surface area (Å²) in [6.45, 7) is 1.34. The van der Waals surface area contributed by atoms with Crippen molar-refractivity contribution in [1.29, 1.82) is 0 Å². The minimum absolute atomic E-state index is 0.0565. The van der Waals surface area contributed by atoms with Crippen LogP contribution in [0.2, 0.25) is 0 Å². The van der Waals surface area contributed by atoms with Gasteiger partial charge in [0.2, 0.25) is 5.91 Å². The minimum Gasteiger partial charge on any atom is -0.378 e. The Morgan fingerprint density at radius 1 is 1.08 bits per heavy atom. The van der Waals surface area contributed by atoms with Crippen molar-refractivity contribution >= 4 is 28.8 Å². The standard InChI is InChI=1S/C28H32F3N5O3/c29-28(30,31)16-36-21-8-18(9-22(36)14-38-13-21)27(37)35-11-17-2-1-7-32-26(17)33-24-6-4-19(10-25(24)35)34-12-23-5-3-20(34)15-39-23/h1-2,4,6-7,10,18,20-23H,3,5,8-9,11-16H2,(H,32,33)/t18?,20-,21-,22+,23-/m0/s1. The molecule has 1 N–H and O–H groups in total. The first-order chi connectivity index (χ1) is 18.8. The molecule has 5 fully saturated rings. The van der Waals surface area contributed by atoms with E-state index in [1.807, 2.05) is 23.1 Å². The summed E-state index contributed by atoms with van der Waals surface area (Å²) in [5.41, 5.74) is 3.51. The Labute approximate surface area is 225 Å². The van der Waals surface area contributed by atoms with E-state index in [1.54, 1.807) is 6.20 Å². The average molecular weight is 544 g/mol. The van der Waals surface area contributed by atoms with Gasteiger partial charge in [-0.1, -0.05) is 6.07 Å². The van der Waals surface area contributed by atoms with Crippen LogP contribution < -0.4 is 15.1 Å². The van der Waals surface area contributed by atoms with Crippen LogP contribution in [0.25, 0.3) is 0 Å². The van der Waals surface area contributed by atoms with Gasteiger partial charge in [-0.25, -0.2) is 4.98 Å². The smallest absolute Gasteiger partial charge is 0.378 e. The average Bonchev–Trinajstić information content (AvgIpc) is 3.08. The van der Waals surface area contributed by atoms with Crippen LogP contribution in [0.4, 0.5) is 36.1 Å². The molecule has 1 unspecified atom stereocenters. The minimum atomic E-state index is -4.29. The molecule has 5 saturated heterocycles. The van der Waals surface area contributed by atoms with Gasteiger partial charge in [-0.15, -0.1) is 0 Å². The molecule has 0 aliphatic carbocycles. The second-order valence-corrected chi connectivity index (χ2v) is 11.4. The monoisotopic (exact) mass is 543 g/mol. The Kier molecular flexibility index (Phi) is 6.20. The highest BCUT2D eigenvalue weighted by atomic mass is 19.4. The maximum absolute atomic E-state index is 14.3. The number of carbonyl (C=O) groups excluding carboxylic acids is 1. The fraction of sp³-hybridized carbons (Fsp3) is 0.571. The Hall–Kier alpha value is -2.89. The summed E-state index contributed by atoms with van der Waals surface area (Å²) < 4.78 is 51.5. The van der Waals surface area contributed by atoms with Crippen molar-refractivity contribution < 1.29 is 27.4 Å². The van der Waals surface area contributed by atoms with E-state index in [2.05, 4.69) is 27.3 Å². The lowest BCUT2D eigenvalue weighted by atomic mass is 9.83. The number of fused-ring (bicyclic) bond motifs is 7. The Morgan fingerprint density at radius 3 is 2.59 bits per heavy atom. The van der Waals surface area contributed by atoms with E-state index in [4.69, 9.17) is 9.47 Å². The lowest BCUT2D eigenvalue weighted by Gasteiger charge is -2.48. The van der Waals surface area contributed by atoms with Gasteiger partial charge in [0.1, 0.15) is 5.82 Å². The van der Waals surface area contributed by atoms with E-state index < -0.39 is 24.8 Å². The summed E-state index contributed by atoms with van der Waals surface area (Å²) in [5, 5.41) is 3.43. The van der Waals surface area contributed by atoms with Gasteiger partial charge >= 0.3 is 6.18 Å². The highest BCUT2D eigenvalue weighted by Gasteiger charge is 2.47. The van der Waals surface area contributed by atoms with Crippen molar-refractivity contribution in [2.75, 3.05) is 48.0 Å². The van der Waals surface area contributed by atoms with Gasteiger partial charge in [0.05, 0.1) is 56.4 Å². The summed E-state index contributed by atoms with van der Waals surface area (Å²) in [4.78, 5) is 24.5. The predicted molar refractivity (Wildman–Crippen MR) is 139 cm³/mol. The molecular weight excluding hydrogens is 511 g/mol. The normalized spacial score (nSPS) is 30.3. The number of anilines is 4. The third kappa shape index (κ3) is 4.74. The van der Waals surface area contributed by atoms with Crippen LogP contribution in [0.5, 0.6) is 0 Å². The zero-order valence-corrected chi connectivity index (χ0v) is 21.6. The van der Waals surface area contributed by atoms with E-state index in [1.165, 1.54) is 4.90 Å². The SMILES string of the molecule is O=C(C1C[C@H]2COC[C@@H](C1)N2CC(F)(F)F)N1Cc2cccnc2Nc2ccc(N3C[C@@H]4CC[C@H]3CO4)cc21. The zero-order valence-electron chi connectivity index (χ0n) is 21.6. The highest BCUT2D eigenvalue weighted by Crippen LogP contribution is 2.42. The van der Waals surface area contributed by atoms with Crippen molar-refractivity contribution in [2.24, 2.45) is 5.92 Å². The molecule has 7 heterocycles. The second kappa shape index (κ2) is 9.64. The maximum atomic E-state index is 14.3. The molecule has 0 spiro atoms. The number of halogens is 3. The highest BCUT2D eigenvalue weighted by molar-refractivity contribution is 6.00. The van der Waals surface area contributed by atoms with Crippen LogP contribution in [-0.2, 0) is 20.8 Å². The fourth-order valence-corrected chi connectivity index (χ4v) is 7.03. The topological polar surface area (TPSA) is 70.2 Å². The molecule has 4 bridgehead atoms. The van der Waals surface area contributed by atoms with E-state index in [0.29, 0.717) is 37.9 Å². The molecule has 39 heavy (non-hydrogen) atoms. The summed E-state index contributed by atoms with van der Waals surface area (Å²) in [5.74, 6) is 0.263. The van der Waals surface area contributed by atoms with Crippen LogP contribution in [0.1, 0.15) is 31.2 Å². The Balaban J connectivity index is 1.21. The lowest BCUT2D eigenvalue weighted by molar-refractivity contribution is -0.184. The van der Waals surface area contributed by atoms with Gasteiger partial charge in [-0.2, -0.15) is 13.2 Å². The summed E-state index contributed by atoms with van der Waals surface area (Å²) in [6, 6.07) is 9.43. The van der Waals surface area contributed by atoms with Gasteiger partial charge in [0, 0.05) is 42.0 Å². The number of piperidine rings is 2. The zero-order chi connectivity index (χ0) is 26.7. The number of hydrogen-bond donors (Lipinski definition) is 1. The number of pyridine rings is 1. The number of morpholine rings is 2. The van der Waals surface area contributed by atoms with Crippen molar-refractivity contribution in [3.05, 3.63) is 42.1 Å². The van der Waals surface area contributed by atoms with E-state index >= 15 is 0 Å². The molecule has 0 saturated carbocycles. The predicted octanol–water partition coefficient (Wildman–Crippen LogP) is 4.08. The van der Waals surface area contributed by atoms with Gasteiger partial charge < -0.3 is 24.6 Å². The number of benzene rings is 1. The summed E-state index contributed by atoms with van der Waals surface area (Å²) in [6.07, 6.45) is 0.500. The molecule has 8 rings (SSSR count). The molecule has 1 aromatic heterocycles. The number of rotatable bonds is 3. The quantitative estimate of drug-likeness (QED) is 0.626. The van der Waals surface area contributed by atoms with Crippen LogP contribution in [0.3, 0.4) is 0 Å². The number of carbonyl (C=O) groups is 1. The van der Waals surface area contributed by atoms with Crippen LogP contribution in [0.15, 0.2) is 36.5 Å². The van der Waals surface area contributed by atoms with E-state index in [-0.39, 0.29) is 31.1 Å². The Morgan fingerprint density at radius 2 is 1.90 bits per heavy atom. The molecule has 1 aromatic carbocycles. The van der Waals surface area contributed by atoms with Gasteiger partial charge in [-0.05, 0) is 49.9 Å². The number of ether oxygens (including phenoxy) is 2. The molecular formula is C28H32F3N5O3. The number of hydrogen-bond acceptors (Lipinski definition) is 7. The number of amides is 1. The first kappa shape index (κ1) is 25.1. The molecule has 1 amide bonds. The van der Waals surface area contributed by atoms with Crippen molar-refractivity contribution in [3.8, 4) is 0 Å². The van der Waals surface area contributed by atoms with E-state index in [9.17, 15) is 18.0 Å². The van der Waals surface area contributed by atoms with Crippen molar-refractivity contribution in [2.45, 2.75) is 62.6 Å². The number of alkyl halides is 3. The number of nitrogens with one attached hydrogen (secondary N) is 1. The molecule has 6 aliphatic heterocycles. The van der Waals surface area contributed by atoms with Crippen molar-refractivity contribution in [1.82, 2.24) is 9.88 Å². The number of nitrogens with zero attached hydrogens (tertiary/aromatic N) is 4. The summed E-state index contributed by atoms with van der Waals surface area (Å²) >= 11 is 0. The molecule has 2 aromatic rings.